The number of rotatable bonds is 1. The Bertz CT molecular complexity index is 460. The monoisotopic (exact) mass is 206 g/mol. The van der Waals surface area contributed by atoms with Crippen LogP contribution in [0.5, 0.6) is 5.75 Å². The van der Waals surface area contributed by atoms with Crippen molar-refractivity contribution in [3.8, 4) is 5.75 Å². The van der Waals surface area contributed by atoms with Gasteiger partial charge in [0.2, 0.25) is 5.78 Å². The van der Waals surface area contributed by atoms with Gasteiger partial charge >= 0.3 is 5.97 Å². The molecule has 15 heavy (non-hydrogen) atoms. The van der Waals surface area contributed by atoms with Crippen LogP contribution in [-0.2, 0) is 0 Å². The van der Waals surface area contributed by atoms with Crippen molar-refractivity contribution in [1.29, 1.82) is 0 Å². The molecule has 0 saturated carbocycles. The summed E-state index contributed by atoms with van der Waals surface area (Å²) in [6, 6.07) is 4.30. The molecule has 1 heterocycles. The highest BCUT2D eigenvalue weighted by Gasteiger charge is 2.39. The zero-order valence-corrected chi connectivity index (χ0v) is 8.40. The molecule has 0 fully saturated rings. The van der Waals surface area contributed by atoms with Crippen LogP contribution < -0.4 is 4.74 Å². The number of carboxylic acids is 1. The summed E-state index contributed by atoms with van der Waals surface area (Å²) in [5, 5.41) is 8.78. The number of aromatic carboxylic acids is 1. The van der Waals surface area contributed by atoms with E-state index in [1.807, 2.05) is 0 Å². The highest BCUT2D eigenvalue weighted by Crippen LogP contribution is 2.35. The lowest BCUT2D eigenvalue weighted by atomic mass is 9.98. The Morgan fingerprint density at radius 3 is 2.67 bits per heavy atom. The molecule has 1 aromatic carbocycles. The third-order valence-electron chi connectivity index (χ3n) is 2.38. The molecule has 0 amide bonds. The number of carbonyl (C=O) groups is 2. The van der Waals surface area contributed by atoms with Crippen LogP contribution in [-0.4, -0.2) is 22.5 Å². The average molecular weight is 206 g/mol. The van der Waals surface area contributed by atoms with Gasteiger partial charge in [0.1, 0.15) is 5.75 Å². The van der Waals surface area contributed by atoms with Crippen molar-refractivity contribution in [1.82, 2.24) is 0 Å². The Hall–Kier alpha value is -1.84. The number of hydrogen-bond acceptors (Lipinski definition) is 3. The molecule has 1 aliphatic heterocycles. The second-order valence-electron chi connectivity index (χ2n) is 3.96. The molecule has 0 aliphatic carbocycles. The molecule has 0 atom stereocenters. The maximum atomic E-state index is 11.8. The molecule has 0 spiro atoms. The van der Waals surface area contributed by atoms with E-state index in [0.717, 1.165) is 0 Å². The second-order valence-corrected chi connectivity index (χ2v) is 3.96. The molecule has 0 unspecified atom stereocenters. The number of fused-ring (bicyclic) bond motifs is 1. The first-order valence-corrected chi connectivity index (χ1v) is 4.53. The van der Waals surface area contributed by atoms with Crippen LogP contribution in [0.25, 0.3) is 0 Å². The lowest BCUT2D eigenvalue weighted by Crippen LogP contribution is -2.31. The normalized spacial score (nSPS) is 17.1. The summed E-state index contributed by atoms with van der Waals surface area (Å²) in [6.07, 6.45) is 0. The second kappa shape index (κ2) is 2.82. The van der Waals surface area contributed by atoms with Gasteiger partial charge in [-0.3, -0.25) is 4.79 Å². The summed E-state index contributed by atoms with van der Waals surface area (Å²) >= 11 is 0. The zero-order chi connectivity index (χ0) is 11.2. The van der Waals surface area contributed by atoms with Crippen LogP contribution in [0.15, 0.2) is 18.2 Å². The molecular formula is C11H10O4. The van der Waals surface area contributed by atoms with Crippen molar-refractivity contribution >= 4 is 11.8 Å². The van der Waals surface area contributed by atoms with Gasteiger partial charge in [-0.25, -0.2) is 4.79 Å². The van der Waals surface area contributed by atoms with E-state index in [9.17, 15) is 9.59 Å². The molecule has 0 aromatic heterocycles. The summed E-state index contributed by atoms with van der Waals surface area (Å²) in [5.74, 6) is -0.772. The summed E-state index contributed by atoms with van der Waals surface area (Å²) < 4.78 is 5.40. The number of ketones is 1. The minimum absolute atomic E-state index is 0.100. The minimum Gasteiger partial charge on any atom is -0.479 e. The van der Waals surface area contributed by atoms with E-state index in [4.69, 9.17) is 9.84 Å². The van der Waals surface area contributed by atoms with Gasteiger partial charge < -0.3 is 9.84 Å². The maximum absolute atomic E-state index is 11.8. The van der Waals surface area contributed by atoms with Gasteiger partial charge in [-0.15, -0.1) is 0 Å². The Morgan fingerprint density at radius 2 is 2.07 bits per heavy atom. The van der Waals surface area contributed by atoms with Crippen LogP contribution in [0, 0.1) is 0 Å². The topological polar surface area (TPSA) is 63.6 Å². The molecular weight excluding hydrogens is 196 g/mol. The van der Waals surface area contributed by atoms with Crippen LogP contribution in [0.4, 0.5) is 0 Å². The molecule has 1 aromatic rings. The van der Waals surface area contributed by atoms with Crippen LogP contribution in [0.3, 0.4) is 0 Å². The lowest BCUT2D eigenvalue weighted by Gasteiger charge is -2.14. The Balaban J connectivity index is 2.54. The fourth-order valence-electron chi connectivity index (χ4n) is 1.58. The van der Waals surface area contributed by atoms with Gasteiger partial charge in [-0.05, 0) is 32.0 Å². The molecule has 4 nitrogen and oxygen atoms in total. The summed E-state index contributed by atoms with van der Waals surface area (Å²) in [4.78, 5) is 22.5. The third kappa shape index (κ3) is 1.38. The quantitative estimate of drug-likeness (QED) is 0.760. The zero-order valence-electron chi connectivity index (χ0n) is 8.40. The number of hydrogen-bond donors (Lipinski definition) is 1. The van der Waals surface area contributed by atoms with Gasteiger partial charge in [0.05, 0.1) is 11.1 Å². The van der Waals surface area contributed by atoms with Crippen molar-refractivity contribution in [3.63, 3.8) is 0 Å². The number of carbonyl (C=O) groups excluding carboxylic acids is 1. The van der Waals surface area contributed by atoms with Crippen LogP contribution >= 0.6 is 0 Å². The first-order chi connectivity index (χ1) is 6.92. The molecule has 0 saturated heterocycles. The minimum atomic E-state index is -1.05. The number of ether oxygens (including phenoxy) is 1. The first-order valence-electron chi connectivity index (χ1n) is 4.53. The largest absolute Gasteiger partial charge is 0.479 e. The fraction of sp³-hybridized carbons (Fsp3) is 0.273. The molecule has 0 radical (unpaired) electrons. The average Bonchev–Trinajstić information content (AvgIpc) is 2.37. The molecule has 4 heteroatoms. The van der Waals surface area contributed by atoms with Crippen LogP contribution in [0.1, 0.15) is 34.6 Å². The van der Waals surface area contributed by atoms with Crippen molar-refractivity contribution < 1.29 is 19.4 Å². The van der Waals surface area contributed by atoms with E-state index in [-0.39, 0.29) is 11.3 Å². The summed E-state index contributed by atoms with van der Waals surface area (Å²) in [5.41, 5.74) is -0.442. The number of carboxylic acid groups (broad SMARTS) is 1. The van der Waals surface area contributed by atoms with Crippen molar-refractivity contribution in [2.75, 3.05) is 0 Å². The Morgan fingerprint density at radius 1 is 1.40 bits per heavy atom. The smallest absolute Gasteiger partial charge is 0.335 e. The van der Waals surface area contributed by atoms with Gasteiger partial charge in [0.15, 0.2) is 5.60 Å². The van der Waals surface area contributed by atoms with Gasteiger partial charge in [-0.1, -0.05) is 0 Å². The van der Waals surface area contributed by atoms with Gasteiger partial charge in [0.25, 0.3) is 0 Å². The highest BCUT2D eigenvalue weighted by molar-refractivity contribution is 6.08. The summed E-state index contributed by atoms with van der Waals surface area (Å²) in [7, 11) is 0. The van der Waals surface area contributed by atoms with Crippen molar-refractivity contribution in [2.24, 2.45) is 0 Å². The van der Waals surface area contributed by atoms with Crippen molar-refractivity contribution in [3.05, 3.63) is 29.3 Å². The standard InChI is InChI=1S/C11H10O4/c1-11(2)9(12)7-5-6(10(13)14)3-4-8(7)15-11/h3-5H,1-2H3,(H,13,14). The molecule has 2 rings (SSSR count). The van der Waals surface area contributed by atoms with E-state index in [1.165, 1.54) is 18.2 Å². The molecule has 1 aliphatic rings. The fourth-order valence-corrected chi connectivity index (χ4v) is 1.58. The Labute approximate surface area is 86.5 Å². The van der Waals surface area contributed by atoms with Crippen molar-refractivity contribution in [2.45, 2.75) is 19.4 Å². The maximum Gasteiger partial charge on any atom is 0.335 e. The Kier molecular flexibility index (Phi) is 1.83. The van der Waals surface area contributed by atoms with E-state index < -0.39 is 11.6 Å². The predicted molar refractivity (Wildman–Crippen MR) is 52.4 cm³/mol. The number of benzene rings is 1. The van der Waals surface area contributed by atoms with E-state index in [2.05, 4.69) is 0 Å². The molecule has 78 valence electrons. The highest BCUT2D eigenvalue weighted by atomic mass is 16.5. The SMILES string of the molecule is CC1(C)Oc2ccc(C(=O)O)cc2C1=O. The van der Waals surface area contributed by atoms with E-state index in [1.54, 1.807) is 13.8 Å². The lowest BCUT2D eigenvalue weighted by molar-refractivity contribution is 0.0683. The van der Waals surface area contributed by atoms with E-state index in [0.29, 0.717) is 11.3 Å². The number of Topliss-reactive ketones (excluding diaryl/α,β-unsaturated/α-hetero) is 1. The first kappa shape index (κ1) is 9.71. The van der Waals surface area contributed by atoms with Crippen LogP contribution in [0.2, 0.25) is 0 Å². The summed E-state index contributed by atoms with van der Waals surface area (Å²) in [6.45, 7) is 3.32. The molecule has 1 N–H and O–H groups in total. The predicted octanol–water partition coefficient (Wildman–Crippen LogP) is 1.74. The van der Waals surface area contributed by atoms with E-state index >= 15 is 0 Å². The van der Waals surface area contributed by atoms with Gasteiger partial charge in [-0.2, -0.15) is 0 Å². The van der Waals surface area contributed by atoms with Gasteiger partial charge in [0, 0.05) is 0 Å². The third-order valence-corrected chi connectivity index (χ3v) is 2.38. The molecule has 0 bridgehead atoms.